The van der Waals surface area contributed by atoms with Crippen LogP contribution < -0.4 is 9.47 Å². The Morgan fingerprint density at radius 2 is 1.78 bits per heavy atom. The first kappa shape index (κ1) is 19.8. The van der Waals surface area contributed by atoms with Gasteiger partial charge in [-0.05, 0) is 41.1 Å². The van der Waals surface area contributed by atoms with E-state index >= 15 is 0 Å². The molecule has 0 spiro atoms. The Kier molecular flexibility index (Phi) is 4.86. The van der Waals surface area contributed by atoms with Crippen molar-refractivity contribution in [1.29, 1.82) is 0 Å². The summed E-state index contributed by atoms with van der Waals surface area (Å²) in [5.41, 5.74) is 1.74. The molecule has 0 atom stereocenters. The molecule has 0 saturated carbocycles. The third kappa shape index (κ3) is 4.05. The average molecular weight is 427 g/mol. The Hall–Kier alpha value is -4.13. The van der Waals surface area contributed by atoms with Gasteiger partial charge in [0.25, 0.3) is 0 Å². The van der Waals surface area contributed by atoms with Crippen molar-refractivity contribution in [2.24, 2.45) is 5.16 Å². The lowest BCUT2D eigenvalue weighted by Crippen LogP contribution is -2.29. The Balaban J connectivity index is 1.43. The Bertz CT molecular complexity index is 1330. The first-order valence-electron chi connectivity index (χ1n) is 10.2. The monoisotopic (exact) mass is 427 g/mol. The van der Waals surface area contributed by atoms with Gasteiger partial charge in [-0.3, -0.25) is 0 Å². The molecular weight excluding hydrogens is 406 g/mol. The number of ether oxygens (including phenoxy) is 2. The maximum Gasteiger partial charge on any atom is 0.365 e. The van der Waals surface area contributed by atoms with E-state index in [-0.39, 0.29) is 0 Å². The van der Waals surface area contributed by atoms with E-state index in [1.54, 1.807) is 24.7 Å². The van der Waals surface area contributed by atoms with E-state index in [1.165, 1.54) is 0 Å². The third-order valence-corrected chi connectivity index (χ3v) is 5.10. The van der Waals surface area contributed by atoms with E-state index in [2.05, 4.69) is 10.1 Å². The summed E-state index contributed by atoms with van der Waals surface area (Å²) >= 11 is 0. The first-order chi connectivity index (χ1) is 15.5. The minimum atomic E-state index is -0.731. The van der Waals surface area contributed by atoms with Gasteiger partial charge in [0.15, 0.2) is 11.5 Å². The normalized spacial score (nSPS) is 14.5. The average Bonchev–Trinajstić information content (AvgIpc) is 3.41. The van der Waals surface area contributed by atoms with Gasteiger partial charge < -0.3 is 18.9 Å². The van der Waals surface area contributed by atoms with Crippen molar-refractivity contribution in [3.8, 4) is 11.5 Å². The second kappa shape index (κ2) is 7.85. The Morgan fingerprint density at radius 1 is 1.00 bits per heavy atom. The van der Waals surface area contributed by atoms with Crippen LogP contribution in [0.2, 0.25) is 0 Å². The summed E-state index contributed by atoms with van der Waals surface area (Å²) in [6, 6.07) is 18.8. The van der Waals surface area contributed by atoms with Crippen LogP contribution in [0.5, 0.6) is 11.5 Å². The molecule has 0 bridgehead atoms. The summed E-state index contributed by atoms with van der Waals surface area (Å²) in [5.74, 6) is 0.0202. The Labute approximate surface area is 184 Å². The number of oxime groups is 1. The molecule has 3 aromatic carbocycles. The molecule has 0 unspecified atom stereocenters. The molecule has 2 heterocycles. The van der Waals surface area contributed by atoms with Crippen LogP contribution in [-0.2, 0) is 11.4 Å². The molecule has 1 aliphatic rings. The summed E-state index contributed by atoms with van der Waals surface area (Å²) < 4.78 is 13.5. The quantitative estimate of drug-likeness (QED) is 0.260. The van der Waals surface area contributed by atoms with Gasteiger partial charge in [-0.1, -0.05) is 35.5 Å². The maximum absolute atomic E-state index is 12.7. The van der Waals surface area contributed by atoms with Crippen molar-refractivity contribution >= 4 is 22.5 Å². The molecule has 1 aromatic heterocycles. The number of carbonyl (C=O) groups excluding carboxylic acids is 1. The maximum atomic E-state index is 12.7. The molecule has 0 N–H and O–H groups in total. The van der Waals surface area contributed by atoms with Gasteiger partial charge >= 0.3 is 5.97 Å². The minimum absolute atomic E-state index is 0.369. The van der Waals surface area contributed by atoms with Crippen LogP contribution in [0.15, 0.2) is 84.5 Å². The molecule has 0 saturated heterocycles. The number of aromatic nitrogens is 2. The standard InChI is InChI=1S/C25H21N3O4/c1-25(2)30-22-10-9-19(14-23(22)31-25)21(15-28-12-11-26-16-28)27-32-24(29)20-8-7-17-5-3-4-6-18(17)13-20/h3-14,16H,15H2,1-2H3/b27-21-. The van der Waals surface area contributed by atoms with Crippen LogP contribution in [0.1, 0.15) is 29.8 Å². The van der Waals surface area contributed by atoms with Crippen molar-refractivity contribution < 1.29 is 19.1 Å². The molecule has 0 radical (unpaired) electrons. The van der Waals surface area contributed by atoms with Crippen LogP contribution in [0, 0.1) is 0 Å². The van der Waals surface area contributed by atoms with Gasteiger partial charge in [-0.25, -0.2) is 9.78 Å². The van der Waals surface area contributed by atoms with Gasteiger partial charge in [0.05, 0.1) is 18.4 Å². The summed E-state index contributed by atoms with van der Waals surface area (Å²) in [5, 5.41) is 6.22. The van der Waals surface area contributed by atoms with E-state index in [1.807, 2.05) is 73.1 Å². The highest BCUT2D eigenvalue weighted by molar-refractivity contribution is 6.02. The molecule has 7 nitrogen and oxygen atoms in total. The molecule has 0 aliphatic carbocycles. The number of fused-ring (bicyclic) bond motifs is 2. The molecule has 0 amide bonds. The summed E-state index contributed by atoms with van der Waals surface area (Å²) in [6.07, 6.45) is 5.17. The van der Waals surface area contributed by atoms with Crippen LogP contribution in [0.3, 0.4) is 0 Å². The van der Waals surface area contributed by atoms with E-state index in [0.29, 0.717) is 29.3 Å². The number of rotatable bonds is 5. The lowest BCUT2D eigenvalue weighted by atomic mass is 10.1. The second-order valence-corrected chi connectivity index (χ2v) is 7.98. The number of nitrogens with zero attached hydrogens (tertiary/aromatic N) is 3. The highest BCUT2D eigenvalue weighted by atomic mass is 16.7. The van der Waals surface area contributed by atoms with Gasteiger partial charge in [-0.2, -0.15) is 0 Å². The lowest BCUT2D eigenvalue weighted by Gasteiger charge is -2.16. The van der Waals surface area contributed by atoms with Crippen LogP contribution in [-0.4, -0.2) is 27.0 Å². The zero-order valence-corrected chi connectivity index (χ0v) is 17.7. The van der Waals surface area contributed by atoms with Gasteiger partial charge in [0, 0.05) is 31.8 Å². The van der Waals surface area contributed by atoms with Crippen molar-refractivity contribution in [2.75, 3.05) is 0 Å². The zero-order valence-electron chi connectivity index (χ0n) is 17.7. The van der Waals surface area contributed by atoms with E-state index < -0.39 is 11.8 Å². The number of carbonyl (C=O) groups is 1. The molecule has 5 rings (SSSR count). The molecule has 160 valence electrons. The number of benzene rings is 3. The van der Waals surface area contributed by atoms with Crippen molar-refractivity contribution in [3.05, 3.63) is 90.5 Å². The van der Waals surface area contributed by atoms with Crippen LogP contribution in [0.4, 0.5) is 0 Å². The van der Waals surface area contributed by atoms with Crippen molar-refractivity contribution in [3.63, 3.8) is 0 Å². The number of hydrogen-bond acceptors (Lipinski definition) is 6. The molecule has 0 fully saturated rings. The fourth-order valence-corrected chi connectivity index (χ4v) is 3.59. The van der Waals surface area contributed by atoms with Gasteiger partial charge in [-0.15, -0.1) is 0 Å². The van der Waals surface area contributed by atoms with E-state index in [9.17, 15) is 4.79 Å². The van der Waals surface area contributed by atoms with Crippen LogP contribution >= 0.6 is 0 Å². The van der Waals surface area contributed by atoms with Crippen molar-refractivity contribution in [1.82, 2.24) is 9.55 Å². The van der Waals surface area contributed by atoms with Crippen LogP contribution in [0.25, 0.3) is 10.8 Å². The number of imidazole rings is 1. The predicted molar refractivity (Wildman–Crippen MR) is 120 cm³/mol. The molecular formula is C25H21N3O4. The zero-order chi connectivity index (χ0) is 22.1. The number of hydrogen-bond donors (Lipinski definition) is 0. The molecule has 4 aromatic rings. The smallest absolute Gasteiger partial charge is 0.365 e. The highest BCUT2D eigenvalue weighted by Crippen LogP contribution is 2.39. The first-order valence-corrected chi connectivity index (χ1v) is 10.2. The molecule has 1 aliphatic heterocycles. The topological polar surface area (TPSA) is 74.9 Å². The molecule has 32 heavy (non-hydrogen) atoms. The summed E-state index contributed by atoms with van der Waals surface area (Å²) in [7, 11) is 0. The predicted octanol–water partition coefficient (Wildman–Crippen LogP) is 4.80. The Morgan fingerprint density at radius 3 is 2.59 bits per heavy atom. The summed E-state index contributed by atoms with van der Waals surface area (Å²) in [4.78, 5) is 22.1. The molecule has 7 heteroatoms. The largest absolute Gasteiger partial charge is 0.449 e. The fourth-order valence-electron chi connectivity index (χ4n) is 3.59. The van der Waals surface area contributed by atoms with Gasteiger partial charge in [0.1, 0.15) is 5.71 Å². The fraction of sp³-hybridized carbons (Fsp3) is 0.160. The minimum Gasteiger partial charge on any atom is -0.449 e. The summed E-state index contributed by atoms with van der Waals surface area (Å²) in [6.45, 7) is 4.06. The van der Waals surface area contributed by atoms with E-state index in [0.717, 1.165) is 16.3 Å². The van der Waals surface area contributed by atoms with E-state index in [4.69, 9.17) is 14.3 Å². The SMILES string of the molecule is CC1(C)Oc2ccc(/C(Cn3ccnc3)=N\OC(=O)c3ccc4ccccc4c3)cc2O1. The van der Waals surface area contributed by atoms with Gasteiger partial charge in [0.2, 0.25) is 5.79 Å². The highest BCUT2D eigenvalue weighted by Gasteiger charge is 2.32. The second-order valence-electron chi connectivity index (χ2n) is 7.98. The lowest BCUT2D eigenvalue weighted by molar-refractivity contribution is -0.0431. The third-order valence-electron chi connectivity index (χ3n) is 5.10. The van der Waals surface area contributed by atoms with Crippen molar-refractivity contribution in [2.45, 2.75) is 26.2 Å².